The summed E-state index contributed by atoms with van der Waals surface area (Å²) in [7, 11) is 0. The molecule has 1 atom stereocenters. The lowest BCUT2D eigenvalue weighted by molar-refractivity contribution is 0.0358. The third-order valence-electron chi connectivity index (χ3n) is 5.63. The molecule has 2 aliphatic heterocycles. The van der Waals surface area contributed by atoms with Crippen LogP contribution in [0.15, 0.2) is 48.8 Å². The lowest BCUT2D eigenvalue weighted by Gasteiger charge is -2.26. The quantitative estimate of drug-likeness (QED) is 0.443. The maximum atomic E-state index is 5.88. The van der Waals surface area contributed by atoms with Crippen molar-refractivity contribution in [3.63, 3.8) is 0 Å². The summed E-state index contributed by atoms with van der Waals surface area (Å²) in [5, 5.41) is 6.46. The Labute approximate surface area is 204 Å². The van der Waals surface area contributed by atoms with E-state index in [2.05, 4.69) is 30.5 Å². The topological polar surface area (TPSA) is 103 Å². The predicted octanol–water partition coefficient (Wildman–Crippen LogP) is 3.62. The SMILES string of the molecule is C[C@@H]1COc2ncc(Nc3ccnc(Nc4ccc(OCCCN5CCOCC5)cc4)n3)cc2O1. The number of nitrogens with one attached hydrogen (secondary N) is 2. The number of anilines is 4. The van der Waals surface area contributed by atoms with Crippen molar-refractivity contribution in [3.8, 4) is 17.4 Å². The van der Waals surface area contributed by atoms with Crippen molar-refractivity contribution in [3.05, 3.63) is 48.8 Å². The van der Waals surface area contributed by atoms with E-state index in [1.165, 1.54) is 0 Å². The van der Waals surface area contributed by atoms with Crippen LogP contribution >= 0.6 is 0 Å². The van der Waals surface area contributed by atoms with E-state index in [1.807, 2.05) is 37.3 Å². The zero-order valence-corrected chi connectivity index (χ0v) is 19.8. The van der Waals surface area contributed by atoms with Gasteiger partial charge in [-0.3, -0.25) is 4.90 Å². The van der Waals surface area contributed by atoms with Crippen LogP contribution in [0.25, 0.3) is 0 Å². The van der Waals surface area contributed by atoms with E-state index < -0.39 is 0 Å². The van der Waals surface area contributed by atoms with Gasteiger partial charge in [0.25, 0.3) is 5.88 Å². The highest BCUT2D eigenvalue weighted by Gasteiger charge is 2.19. The van der Waals surface area contributed by atoms with Crippen LogP contribution in [0.2, 0.25) is 0 Å². The molecule has 10 nitrogen and oxygen atoms in total. The second kappa shape index (κ2) is 11.2. The van der Waals surface area contributed by atoms with Gasteiger partial charge in [-0.25, -0.2) is 9.97 Å². The molecule has 2 N–H and O–H groups in total. The summed E-state index contributed by atoms with van der Waals surface area (Å²) in [5.41, 5.74) is 1.62. The fraction of sp³-hybridized carbons (Fsp3) is 0.400. The smallest absolute Gasteiger partial charge is 0.257 e. The molecule has 184 valence electrons. The molecule has 0 bridgehead atoms. The van der Waals surface area contributed by atoms with Crippen LogP contribution in [-0.2, 0) is 4.74 Å². The molecule has 0 amide bonds. The summed E-state index contributed by atoms with van der Waals surface area (Å²) >= 11 is 0. The molecule has 35 heavy (non-hydrogen) atoms. The van der Waals surface area contributed by atoms with E-state index in [9.17, 15) is 0 Å². The van der Waals surface area contributed by atoms with Crippen LogP contribution in [0.3, 0.4) is 0 Å². The Kier molecular flexibility index (Phi) is 7.40. The Balaban J connectivity index is 1.12. The molecule has 0 radical (unpaired) electrons. The van der Waals surface area contributed by atoms with E-state index in [4.69, 9.17) is 18.9 Å². The summed E-state index contributed by atoms with van der Waals surface area (Å²) < 4.78 is 22.6. The Morgan fingerprint density at radius 3 is 2.77 bits per heavy atom. The van der Waals surface area contributed by atoms with Crippen molar-refractivity contribution in [1.29, 1.82) is 0 Å². The van der Waals surface area contributed by atoms with Gasteiger partial charge in [-0.15, -0.1) is 0 Å². The van der Waals surface area contributed by atoms with Crippen LogP contribution in [0.4, 0.5) is 23.1 Å². The van der Waals surface area contributed by atoms with Gasteiger partial charge in [0.1, 0.15) is 24.3 Å². The minimum absolute atomic E-state index is 0.0127. The Morgan fingerprint density at radius 1 is 1.06 bits per heavy atom. The molecule has 4 heterocycles. The fourth-order valence-electron chi connectivity index (χ4n) is 3.84. The molecule has 1 fully saturated rings. The van der Waals surface area contributed by atoms with Crippen molar-refractivity contribution in [2.24, 2.45) is 0 Å². The number of rotatable bonds is 9. The summed E-state index contributed by atoms with van der Waals surface area (Å²) in [6, 6.07) is 11.4. The predicted molar refractivity (Wildman–Crippen MR) is 132 cm³/mol. The van der Waals surface area contributed by atoms with E-state index in [-0.39, 0.29) is 6.10 Å². The Hall–Kier alpha value is -3.63. The second-order valence-corrected chi connectivity index (χ2v) is 8.46. The average Bonchev–Trinajstić information content (AvgIpc) is 2.88. The van der Waals surface area contributed by atoms with Gasteiger partial charge >= 0.3 is 0 Å². The first-order valence-electron chi connectivity index (χ1n) is 11.9. The molecule has 1 aromatic carbocycles. The third-order valence-corrected chi connectivity index (χ3v) is 5.63. The van der Waals surface area contributed by atoms with Gasteiger partial charge in [-0.05, 0) is 43.7 Å². The second-order valence-electron chi connectivity index (χ2n) is 8.46. The number of hydrogen-bond donors (Lipinski definition) is 2. The molecule has 3 aromatic rings. The van der Waals surface area contributed by atoms with Crippen LogP contribution < -0.4 is 24.8 Å². The summed E-state index contributed by atoms with van der Waals surface area (Å²) in [6.07, 6.45) is 4.36. The highest BCUT2D eigenvalue weighted by atomic mass is 16.6. The summed E-state index contributed by atoms with van der Waals surface area (Å²) in [5.74, 6) is 3.07. The molecule has 0 saturated carbocycles. The minimum Gasteiger partial charge on any atom is -0.494 e. The zero-order chi connectivity index (χ0) is 23.9. The molecule has 2 aliphatic rings. The van der Waals surface area contributed by atoms with Gasteiger partial charge in [-0.1, -0.05) is 0 Å². The highest BCUT2D eigenvalue weighted by Crippen LogP contribution is 2.32. The summed E-state index contributed by atoms with van der Waals surface area (Å²) in [6.45, 7) is 7.84. The van der Waals surface area contributed by atoms with E-state index in [0.717, 1.165) is 56.4 Å². The lowest BCUT2D eigenvalue weighted by Crippen LogP contribution is -2.37. The monoisotopic (exact) mass is 478 g/mol. The van der Waals surface area contributed by atoms with E-state index in [0.29, 0.717) is 36.6 Å². The maximum Gasteiger partial charge on any atom is 0.257 e. The van der Waals surface area contributed by atoms with E-state index in [1.54, 1.807) is 18.5 Å². The molecule has 5 rings (SSSR count). The van der Waals surface area contributed by atoms with Crippen LogP contribution in [0, 0.1) is 0 Å². The number of fused-ring (bicyclic) bond motifs is 1. The highest BCUT2D eigenvalue weighted by molar-refractivity contribution is 5.61. The summed E-state index contributed by atoms with van der Waals surface area (Å²) in [4.78, 5) is 15.6. The molecule has 0 spiro atoms. The van der Waals surface area contributed by atoms with Gasteiger partial charge in [0, 0.05) is 37.6 Å². The van der Waals surface area contributed by atoms with Crippen molar-refractivity contribution >= 4 is 23.1 Å². The standard InChI is InChI=1S/C25H30N6O4/c1-18-17-34-24-22(35-18)15-20(16-27-24)28-23-7-8-26-25(30-23)29-19-3-5-21(6-4-19)33-12-2-9-31-10-13-32-14-11-31/h3-8,15-16,18H,2,9-14,17H2,1H3,(H2,26,28,29,30)/t18-/m1/s1. The van der Waals surface area contributed by atoms with Crippen molar-refractivity contribution in [1.82, 2.24) is 19.9 Å². The average molecular weight is 479 g/mol. The van der Waals surface area contributed by atoms with Gasteiger partial charge < -0.3 is 29.6 Å². The molecule has 0 unspecified atom stereocenters. The molecule has 1 saturated heterocycles. The van der Waals surface area contributed by atoms with Crippen LogP contribution in [0.5, 0.6) is 17.4 Å². The first kappa shape index (κ1) is 23.1. The molecule has 10 heteroatoms. The lowest BCUT2D eigenvalue weighted by atomic mass is 10.3. The number of morpholine rings is 1. The Bertz CT molecular complexity index is 1110. The van der Waals surface area contributed by atoms with Gasteiger partial charge in [0.15, 0.2) is 5.75 Å². The number of hydrogen-bond acceptors (Lipinski definition) is 10. The maximum absolute atomic E-state index is 5.88. The fourth-order valence-corrected chi connectivity index (χ4v) is 3.84. The van der Waals surface area contributed by atoms with Crippen LogP contribution in [0.1, 0.15) is 13.3 Å². The number of pyridine rings is 1. The van der Waals surface area contributed by atoms with Crippen molar-refractivity contribution in [2.75, 3.05) is 56.7 Å². The minimum atomic E-state index is -0.0127. The molecule has 2 aromatic heterocycles. The van der Waals surface area contributed by atoms with Crippen LogP contribution in [-0.4, -0.2) is 72.0 Å². The first-order valence-corrected chi connectivity index (χ1v) is 11.9. The number of benzene rings is 1. The van der Waals surface area contributed by atoms with Gasteiger partial charge in [0.2, 0.25) is 5.95 Å². The first-order chi connectivity index (χ1) is 17.2. The zero-order valence-electron chi connectivity index (χ0n) is 19.8. The largest absolute Gasteiger partial charge is 0.494 e. The van der Waals surface area contributed by atoms with Gasteiger partial charge in [0.05, 0.1) is 31.7 Å². The third kappa shape index (κ3) is 6.49. The van der Waals surface area contributed by atoms with E-state index >= 15 is 0 Å². The van der Waals surface area contributed by atoms with Crippen molar-refractivity contribution < 1.29 is 18.9 Å². The molecular weight excluding hydrogens is 448 g/mol. The number of nitrogens with zero attached hydrogens (tertiary/aromatic N) is 4. The molecule has 0 aliphatic carbocycles. The van der Waals surface area contributed by atoms with Gasteiger partial charge in [-0.2, -0.15) is 4.98 Å². The Morgan fingerprint density at radius 2 is 1.91 bits per heavy atom. The number of ether oxygens (including phenoxy) is 4. The van der Waals surface area contributed by atoms with Crippen molar-refractivity contribution in [2.45, 2.75) is 19.4 Å². The number of aromatic nitrogens is 3. The normalized spacial score (nSPS) is 17.6. The molecular formula is C25H30N6O4.